The number of hydrogen-bond acceptors (Lipinski definition) is 1. The number of aryl methyl sites for hydroxylation is 1. The van der Waals surface area contributed by atoms with Gasteiger partial charge in [0.25, 0.3) is 0 Å². The van der Waals surface area contributed by atoms with E-state index in [9.17, 15) is 4.79 Å². The molecule has 0 bridgehead atoms. The maximum absolute atomic E-state index is 11.8. The van der Waals surface area contributed by atoms with Gasteiger partial charge in [-0.2, -0.15) is 0 Å². The number of carbonyl (C=O) groups excluding carboxylic acids is 1. The van der Waals surface area contributed by atoms with E-state index in [-0.39, 0.29) is 5.91 Å². The van der Waals surface area contributed by atoms with E-state index < -0.39 is 0 Å². The zero-order valence-electron chi connectivity index (χ0n) is 10.9. The number of nitrogens with one attached hydrogen (secondary N) is 1. The highest BCUT2D eigenvalue weighted by Crippen LogP contribution is 2.17. The topological polar surface area (TPSA) is 29.1 Å². The minimum Gasteiger partial charge on any atom is -0.352 e. The van der Waals surface area contributed by atoms with Gasteiger partial charge in [0.2, 0.25) is 5.91 Å². The lowest BCUT2D eigenvalue weighted by molar-refractivity contribution is -0.121. The Kier molecular flexibility index (Phi) is 5.62. The molecule has 0 spiro atoms. The maximum atomic E-state index is 11.8. The fraction of sp³-hybridized carbons (Fsp3) is 0.188. The van der Waals surface area contributed by atoms with Crippen molar-refractivity contribution < 1.29 is 4.79 Å². The lowest BCUT2D eigenvalue weighted by Crippen LogP contribution is -2.23. The smallest absolute Gasteiger partial charge is 0.220 e. The van der Waals surface area contributed by atoms with Crippen LogP contribution in [0.3, 0.4) is 0 Å². The molecule has 0 atom stereocenters. The second-order valence-corrected chi connectivity index (χ2v) is 5.79. The molecule has 0 fully saturated rings. The Hall–Kier alpha value is -1.32. The van der Waals surface area contributed by atoms with Crippen LogP contribution in [-0.4, -0.2) is 5.91 Å². The largest absolute Gasteiger partial charge is 0.352 e. The maximum Gasteiger partial charge on any atom is 0.220 e. The van der Waals surface area contributed by atoms with Crippen LogP contribution in [0.15, 0.2) is 53.0 Å². The second kappa shape index (κ2) is 7.46. The van der Waals surface area contributed by atoms with Crippen molar-refractivity contribution in [3.63, 3.8) is 0 Å². The first kappa shape index (κ1) is 15.1. The number of hydrogen-bond donors (Lipinski definition) is 1. The third-order valence-corrected chi connectivity index (χ3v) is 3.97. The molecule has 2 rings (SSSR count). The molecule has 0 aromatic heterocycles. The monoisotopic (exact) mass is 351 g/mol. The molecule has 2 aromatic rings. The molecule has 2 nitrogen and oxygen atoms in total. The molecule has 0 aliphatic rings. The van der Waals surface area contributed by atoms with Crippen LogP contribution < -0.4 is 5.32 Å². The third-order valence-electron chi connectivity index (χ3n) is 2.96. The fourth-order valence-corrected chi connectivity index (χ4v) is 2.58. The number of carbonyl (C=O) groups is 1. The highest BCUT2D eigenvalue weighted by atomic mass is 79.9. The van der Waals surface area contributed by atoms with Crippen LogP contribution in [0.25, 0.3) is 0 Å². The molecule has 2 aromatic carbocycles. The van der Waals surface area contributed by atoms with Gasteiger partial charge in [0.15, 0.2) is 0 Å². The van der Waals surface area contributed by atoms with E-state index in [2.05, 4.69) is 21.2 Å². The van der Waals surface area contributed by atoms with Crippen molar-refractivity contribution in [3.8, 4) is 0 Å². The first-order valence-electron chi connectivity index (χ1n) is 6.40. The predicted octanol–water partition coefficient (Wildman–Crippen LogP) is 4.35. The second-order valence-electron chi connectivity index (χ2n) is 4.50. The molecular weight excluding hydrogens is 338 g/mol. The molecule has 0 unspecified atom stereocenters. The summed E-state index contributed by atoms with van der Waals surface area (Å²) in [7, 11) is 0. The summed E-state index contributed by atoms with van der Waals surface area (Å²) in [6.45, 7) is 0.509. The van der Waals surface area contributed by atoms with Crippen LogP contribution in [0.5, 0.6) is 0 Å². The summed E-state index contributed by atoms with van der Waals surface area (Å²) in [5.41, 5.74) is 2.15. The number of amides is 1. The first-order chi connectivity index (χ1) is 9.65. The fourth-order valence-electron chi connectivity index (χ4n) is 1.89. The molecule has 104 valence electrons. The SMILES string of the molecule is O=C(CCc1ccccc1Br)NCc1cccc(Cl)c1. The summed E-state index contributed by atoms with van der Waals surface area (Å²) in [6.07, 6.45) is 1.20. The molecule has 1 N–H and O–H groups in total. The van der Waals surface area contributed by atoms with Gasteiger partial charge in [-0.3, -0.25) is 4.79 Å². The molecule has 4 heteroatoms. The normalized spacial score (nSPS) is 10.3. The Balaban J connectivity index is 1.80. The van der Waals surface area contributed by atoms with Crippen molar-refractivity contribution in [1.82, 2.24) is 5.32 Å². The van der Waals surface area contributed by atoms with Crippen LogP contribution in [0.4, 0.5) is 0 Å². The van der Waals surface area contributed by atoms with E-state index in [1.807, 2.05) is 48.5 Å². The molecule has 0 saturated heterocycles. The summed E-state index contributed by atoms with van der Waals surface area (Å²) >= 11 is 9.38. The summed E-state index contributed by atoms with van der Waals surface area (Å²) < 4.78 is 1.04. The summed E-state index contributed by atoms with van der Waals surface area (Å²) in [5.74, 6) is 0.0423. The van der Waals surface area contributed by atoms with Crippen molar-refractivity contribution in [1.29, 1.82) is 0 Å². The average Bonchev–Trinajstić information content (AvgIpc) is 2.44. The van der Waals surface area contributed by atoms with E-state index >= 15 is 0 Å². The van der Waals surface area contributed by atoms with Crippen molar-refractivity contribution in [2.75, 3.05) is 0 Å². The lowest BCUT2D eigenvalue weighted by Gasteiger charge is -2.07. The Morgan fingerprint density at radius 2 is 1.95 bits per heavy atom. The van der Waals surface area contributed by atoms with Gasteiger partial charge in [0, 0.05) is 22.5 Å². The van der Waals surface area contributed by atoms with Crippen molar-refractivity contribution in [3.05, 3.63) is 69.2 Å². The predicted molar refractivity (Wildman–Crippen MR) is 85.8 cm³/mol. The zero-order valence-corrected chi connectivity index (χ0v) is 13.2. The van der Waals surface area contributed by atoms with E-state index in [0.717, 1.165) is 22.0 Å². The standard InChI is InChI=1S/C16H15BrClNO/c17-15-7-2-1-5-13(15)8-9-16(20)19-11-12-4-3-6-14(18)10-12/h1-7,10H,8-9,11H2,(H,19,20). The molecular formula is C16H15BrClNO. The molecule has 1 amide bonds. The Morgan fingerprint density at radius 3 is 2.70 bits per heavy atom. The van der Waals surface area contributed by atoms with Gasteiger partial charge in [0.05, 0.1) is 0 Å². The molecule has 0 saturated carbocycles. The van der Waals surface area contributed by atoms with Crippen molar-refractivity contribution >= 4 is 33.4 Å². The van der Waals surface area contributed by atoms with Crippen molar-refractivity contribution in [2.45, 2.75) is 19.4 Å². The number of rotatable bonds is 5. The van der Waals surface area contributed by atoms with E-state index in [1.54, 1.807) is 0 Å². The highest BCUT2D eigenvalue weighted by Gasteiger charge is 2.04. The van der Waals surface area contributed by atoms with Crippen LogP contribution in [0.2, 0.25) is 5.02 Å². The molecule has 0 radical (unpaired) electrons. The van der Waals surface area contributed by atoms with Gasteiger partial charge in [-0.05, 0) is 35.7 Å². The number of halogens is 2. The summed E-state index contributed by atoms with van der Waals surface area (Å²) in [6, 6.07) is 15.4. The minimum absolute atomic E-state index is 0.0423. The summed E-state index contributed by atoms with van der Waals surface area (Å²) in [5, 5.41) is 3.59. The van der Waals surface area contributed by atoms with Gasteiger partial charge >= 0.3 is 0 Å². The molecule has 0 aliphatic carbocycles. The van der Waals surface area contributed by atoms with Crippen LogP contribution >= 0.6 is 27.5 Å². The van der Waals surface area contributed by atoms with Crippen LogP contribution in [-0.2, 0) is 17.8 Å². The lowest BCUT2D eigenvalue weighted by atomic mass is 10.1. The molecule has 20 heavy (non-hydrogen) atoms. The zero-order chi connectivity index (χ0) is 14.4. The molecule has 0 aliphatic heterocycles. The first-order valence-corrected chi connectivity index (χ1v) is 7.57. The van der Waals surface area contributed by atoms with E-state index in [0.29, 0.717) is 18.0 Å². The van der Waals surface area contributed by atoms with Gasteiger partial charge in [-0.1, -0.05) is 57.9 Å². The third kappa shape index (κ3) is 4.66. The Bertz CT molecular complexity index is 601. The van der Waals surface area contributed by atoms with Crippen LogP contribution in [0.1, 0.15) is 17.5 Å². The van der Waals surface area contributed by atoms with Gasteiger partial charge in [-0.25, -0.2) is 0 Å². The minimum atomic E-state index is 0.0423. The Labute approximate surface area is 132 Å². The number of benzene rings is 2. The highest BCUT2D eigenvalue weighted by molar-refractivity contribution is 9.10. The quantitative estimate of drug-likeness (QED) is 0.851. The average molecular weight is 353 g/mol. The van der Waals surface area contributed by atoms with Crippen LogP contribution in [0, 0.1) is 0 Å². The van der Waals surface area contributed by atoms with Crippen molar-refractivity contribution in [2.24, 2.45) is 0 Å². The molecule has 0 heterocycles. The van der Waals surface area contributed by atoms with E-state index in [1.165, 1.54) is 0 Å². The van der Waals surface area contributed by atoms with Gasteiger partial charge < -0.3 is 5.32 Å². The summed E-state index contributed by atoms with van der Waals surface area (Å²) in [4.78, 5) is 11.8. The van der Waals surface area contributed by atoms with Gasteiger partial charge in [-0.15, -0.1) is 0 Å². The van der Waals surface area contributed by atoms with E-state index in [4.69, 9.17) is 11.6 Å². The Morgan fingerprint density at radius 1 is 1.15 bits per heavy atom. The van der Waals surface area contributed by atoms with Gasteiger partial charge in [0.1, 0.15) is 0 Å².